The van der Waals surface area contributed by atoms with Crippen LogP contribution in [-0.4, -0.2) is 18.3 Å². The maximum atomic E-state index is 13.0. The normalized spacial score (nSPS) is 11.6. The van der Waals surface area contributed by atoms with E-state index in [1.165, 1.54) is 17.0 Å². The summed E-state index contributed by atoms with van der Waals surface area (Å²) in [6.07, 6.45) is 0. The summed E-state index contributed by atoms with van der Waals surface area (Å²) in [5, 5.41) is 2.92. The average molecular weight is 395 g/mol. The molecule has 1 amide bonds. The van der Waals surface area contributed by atoms with E-state index in [1.54, 1.807) is 48.2 Å². The van der Waals surface area contributed by atoms with Crippen molar-refractivity contribution in [3.05, 3.63) is 95.8 Å². The summed E-state index contributed by atoms with van der Waals surface area (Å²) in [6.45, 7) is 2.46. The number of ether oxygens (including phenoxy) is 1. The van der Waals surface area contributed by atoms with Gasteiger partial charge in [0.1, 0.15) is 11.6 Å². The molecule has 0 aromatic heterocycles. The summed E-state index contributed by atoms with van der Waals surface area (Å²) in [5.41, 5.74) is 1.41. The Hall–Kier alpha value is -2.79. The van der Waals surface area contributed by atoms with Gasteiger partial charge in [-0.25, -0.2) is 4.39 Å². The molecular formula is C23H22FNO2S. The molecule has 144 valence electrons. The second kappa shape index (κ2) is 9.95. The van der Waals surface area contributed by atoms with E-state index >= 15 is 0 Å². The van der Waals surface area contributed by atoms with Gasteiger partial charge in [0.15, 0.2) is 0 Å². The fraction of sp³-hybridized carbons (Fsp3) is 0.174. The van der Waals surface area contributed by atoms with Crippen LogP contribution in [0.25, 0.3) is 0 Å². The van der Waals surface area contributed by atoms with Crippen LogP contribution in [0, 0.1) is 5.82 Å². The van der Waals surface area contributed by atoms with Gasteiger partial charge in [0.25, 0.3) is 5.91 Å². The van der Waals surface area contributed by atoms with E-state index in [-0.39, 0.29) is 17.8 Å². The summed E-state index contributed by atoms with van der Waals surface area (Å²) in [4.78, 5) is 13.6. The van der Waals surface area contributed by atoms with Crippen LogP contribution < -0.4 is 10.1 Å². The minimum atomic E-state index is -0.292. The quantitative estimate of drug-likeness (QED) is 0.405. The first-order valence-corrected chi connectivity index (χ1v) is 10.1. The molecular weight excluding hydrogens is 373 g/mol. The molecule has 0 aliphatic rings. The standard InChI is InChI=1S/C23H22FNO2S/c1-17(18-7-11-20(24)12-8-18)25-23(26)19-9-13-21(14-10-19)27-15-16-28-22-5-3-2-4-6-22/h2-14,17H,15-16H2,1H3,(H,25,26)/t17-/m0/s1. The van der Waals surface area contributed by atoms with Crippen LogP contribution >= 0.6 is 11.8 Å². The SMILES string of the molecule is C[C@H](NC(=O)c1ccc(OCCSc2ccccc2)cc1)c1ccc(F)cc1. The van der Waals surface area contributed by atoms with Crippen LogP contribution in [0.4, 0.5) is 4.39 Å². The van der Waals surface area contributed by atoms with Crippen molar-refractivity contribution < 1.29 is 13.9 Å². The molecule has 0 heterocycles. The number of hydrogen-bond acceptors (Lipinski definition) is 3. The monoisotopic (exact) mass is 395 g/mol. The van der Waals surface area contributed by atoms with Gasteiger partial charge in [-0.1, -0.05) is 30.3 Å². The molecule has 0 aliphatic heterocycles. The van der Waals surface area contributed by atoms with Gasteiger partial charge < -0.3 is 10.1 Å². The van der Waals surface area contributed by atoms with E-state index in [4.69, 9.17) is 4.74 Å². The molecule has 3 aromatic rings. The van der Waals surface area contributed by atoms with E-state index in [2.05, 4.69) is 17.4 Å². The predicted molar refractivity (Wildman–Crippen MR) is 111 cm³/mol. The number of nitrogens with one attached hydrogen (secondary N) is 1. The zero-order valence-electron chi connectivity index (χ0n) is 15.6. The smallest absolute Gasteiger partial charge is 0.251 e. The number of carbonyl (C=O) groups excluding carboxylic acids is 1. The van der Waals surface area contributed by atoms with E-state index in [0.29, 0.717) is 12.2 Å². The average Bonchev–Trinajstić information content (AvgIpc) is 2.73. The summed E-state index contributed by atoms with van der Waals surface area (Å²) in [7, 11) is 0. The van der Waals surface area contributed by atoms with Crippen molar-refractivity contribution in [3.63, 3.8) is 0 Å². The van der Waals surface area contributed by atoms with Crippen LogP contribution in [0.3, 0.4) is 0 Å². The Bertz CT molecular complexity index is 883. The molecule has 1 atom stereocenters. The summed E-state index contributed by atoms with van der Waals surface area (Å²) in [6, 6.07) is 23.2. The molecule has 0 saturated heterocycles. The van der Waals surface area contributed by atoms with Crippen molar-refractivity contribution in [1.82, 2.24) is 5.32 Å². The van der Waals surface area contributed by atoms with Crippen LogP contribution in [-0.2, 0) is 0 Å². The summed E-state index contributed by atoms with van der Waals surface area (Å²) in [5.74, 6) is 1.11. The van der Waals surface area contributed by atoms with Crippen LogP contribution in [0.15, 0.2) is 83.8 Å². The molecule has 3 aromatic carbocycles. The first-order valence-electron chi connectivity index (χ1n) is 9.09. The van der Waals surface area contributed by atoms with Crippen molar-refractivity contribution in [2.75, 3.05) is 12.4 Å². The van der Waals surface area contributed by atoms with Crippen molar-refractivity contribution in [2.45, 2.75) is 17.9 Å². The van der Waals surface area contributed by atoms with Gasteiger partial charge in [0.05, 0.1) is 12.6 Å². The van der Waals surface area contributed by atoms with Crippen LogP contribution in [0.2, 0.25) is 0 Å². The fourth-order valence-electron chi connectivity index (χ4n) is 2.65. The zero-order valence-corrected chi connectivity index (χ0v) is 16.4. The highest BCUT2D eigenvalue weighted by atomic mass is 32.2. The molecule has 5 heteroatoms. The fourth-order valence-corrected chi connectivity index (χ4v) is 3.41. The number of benzene rings is 3. The first-order chi connectivity index (χ1) is 13.6. The predicted octanol–water partition coefficient (Wildman–Crippen LogP) is 5.49. The first kappa shape index (κ1) is 20.0. The third kappa shape index (κ3) is 5.86. The van der Waals surface area contributed by atoms with Crippen molar-refractivity contribution in [3.8, 4) is 5.75 Å². The lowest BCUT2D eigenvalue weighted by atomic mass is 10.1. The van der Waals surface area contributed by atoms with Crippen molar-refractivity contribution >= 4 is 17.7 Å². The Morgan fingerprint density at radius 3 is 2.36 bits per heavy atom. The van der Waals surface area contributed by atoms with E-state index < -0.39 is 0 Å². The highest BCUT2D eigenvalue weighted by Crippen LogP contribution is 2.19. The van der Waals surface area contributed by atoms with Gasteiger partial charge >= 0.3 is 0 Å². The molecule has 28 heavy (non-hydrogen) atoms. The van der Waals surface area contributed by atoms with Gasteiger partial charge in [0.2, 0.25) is 0 Å². The van der Waals surface area contributed by atoms with Crippen molar-refractivity contribution in [2.24, 2.45) is 0 Å². The molecule has 0 unspecified atom stereocenters. The second-order valence-electron chi connectivity index (χ2n) is 6.28. The Morgan fingerprint density at radius 2 is 1.68 bits per heavy atom. The Kier molecular flexibility index (Phi) is 7.09. The molecule has 0 radical (unpaired) electrons. The molecule has 0 fully saturated rings. The minimum Gasteiger partial charge on any atom is -0.493 e. The lowest BCUT2D eigenvalue weighted by Crippen LogP contribution is -2.26. The van der Waals surface area contributed by atoms with E-state index in [9.17, 15) is 9.18 Å². The Morgan fingerprint density at radius 1 is 1.00 bits per heavy atom. The van der Waals surface area contributed by atoms with Gasteiger partial charge in [0, 0.05) is 16.2 Å². The van der Waals surface area contributed by atoms with Gasteiger partial charge in [-0.05, 0) is 61.0 Å². The van der Waals surface area contributed by atoms with Gasteiger partial charge in [-0.2, -0.15) is 0 Å². The largest absolute Gasteiger partial charge is 0.493 e. The summed E-state index contributed by atoms with van der Waals surface area (Å²) >= 11 is 1.74. The maximum Gasteiger partial charge on any atom is 0.251 e. The molecule has 1 N–H and O–H groups in total. The van der Waals surface area contributed by atoms with Crippen LogP contribution in [0.5, 0.6) is 5.75 Å². The number of amides is 1. The molecule has 0 aliphatic carbocycles. The minimum absolute atomic E-state index is 0.178. The lowest BCUT2D eigenvalue weighted by molar-refractivity contribution is 0.0940. The van der Waals surface area contributed by atoms with Crippen molar-refractivity contribution in [1.29, 1.82) is 0 Å². The Labute approximate surface area is 168 Å². The zero-order chi connectivity index (χ0) is 19.8. The number of carbonyl (C=O) groups is 1. The third-order valence-corrected chi connectivity index (χ3v) is 5.17. The second-order valence-corrected chi connectivity index (χ2v) is 7.45. The highest BCUT2D eigenvalue weighted by Gasteiger charge is 2.11. The number of hydrogen-bond donors (Lipinski definition) is 1. The molecule has 0 saturated carbocycles. The van der Waals surface area contributed by atoms with Gasteiger partial charge in [-0.15, -0.1) is 11.8 Å². The van der Waals surface area contributed by atoms with E-state index in [0.717, 1.165) is 17.1 Å². The molecule has 3 nitrogen and oxygen atoms in total. The molecule has 3 rings (SSSR count). The summed E-state index contributed by atoms with van der Waals surface area (Å²) < 4.78 is 18.7. The van der Waals surface area contributed by atoms with Gasteiger partial charge in [-0.3, -0.25) is 4.79 Å². The topological polar surface area (TPSA) is 38.3 Å². The number of rotatable bonds is 8. The third-order valence-electron chi connectivity index (χ3n) is 4.20. The Balaban J connectivity index is 1.46. The number of thioether (sulfide) groups is 1. The number of halogens is 1. The maximum absolute atomic E-state index is 13.0. The highest BCUT2D eigenvalue weighted by molar-refractivity contribution is 7.99. The van der Waals surface area contributed by atoms with E-state index in [1.807, 2.05) is 25.1 Å². The lowest BCUT2D eigenvalue weighted by Gasteiger charge is -2.14. The molecule has 0 spiro atoms. The van der Waals surface area contributed by atoms with Crippen LogP contribution in [0.1, 0.15) is 28.9 Å². The molecule has 0 bridgehead atoms.